The second kappa shape index (κ2) is 7.89. The molecular formula is C19H20N2O5S. The first-order chi connectivity index (χ1) is 12.8. The molecule has 2 aromatic rings. The van der Waals surface area contributed by atoms with Crippen LogP contribution in [0.15, 0.2) is 53.4 Å². The van der Waals surface area contributed by atoms with Crippen LogP contribution in [-0.4, -0.2) is 31.4 Å². The molecule has 1 fully saturated rings. The molecule has 0 unspecified atom stereocenters. The third kappa shape index (κ3) is 5.38. The van der Waals surface area contributed by atoms with E-state index in [1.165, 1.54) is 24.3 Å². The van der Waals surface area contributed by atoms with E-state index < -0.39 is 16.0 Å². The van der Waals surface area contributed by atoms with Crippen molar-refractivity contribution in [3.05, 3.63) is 59.7 Å². The average molecular weight is 388 g/mol. The van der Waals surface area contributed by atoms with Crippen LogP contribution in [0, 0.1) is 0 Å². The summed E-state index contributed by atoms with van der Waals surface area (Å²) in [6.07, 6.45) is 2.19. The van der Waals surface area contributed by atoms with Gasteiger partial charge >= 0.3 is 5.97 Å². The van der Waals surface area contributed by atoms with Gasteiger partial charge in [-0.15, -0.1) is 0 Å². The normalized spacial score (nSPS) is 13.9. The van der Waals surface area contributed by atoms with Crippen LogP contribution in [0.5, 0.6) is 0 Å². The first kappa shape index (κ1) is 19.1. The van der Waals surface area contributed by atoms with Gasteiger partial charge in [-0.05, 0) is 61.2 Å². The van der Waals surface area contributed by atoms with Crippen LogP contribution in [0.3, 0.4) is 0 Å². The van der Waals surface area contributed by atoms with Crippen molar-refractivity contribution in [3.8, 4) is 0 Å². The second-order valence-corrected chi connectivity index (χ2v) is 8.18. The molecule has 1 aliphatic carbocycles. The van der Waals surface area contributed by atoms with Gasteiger partial charge in [0.15, 0.2) is 0 Å². The second-order valence-electron chi connectivity index (χ2n) is 6.46. The molecule has 0 radical (unpaired) electrons. The van der Waals surface area contributed by atoms with Crippen LogP contribution in [0.2, 0.25) is 0 Å². The lowest BCUT2D eigenvalue weighted by atomic mass is 10.1. The van der Waals surface area contributed by atoms with Gasteiger partial charge in [-0.25, -0.2) is 13.1 Å². The third-order valence-electron chi connectivity index (χ3n) is 4.17. The highest BCUT2D eigenvalue weighted by Gasteiger charge is 2.27. The first-order valence-electron chi connectivity index (χ1n) is 8.58. The Morgan fingerprint density at radius 3 is 2.19 bits per heavy atom. The number of carboxylic acid groups (broad SMARTS) is 1. The van der Waals surface area contributed by atoms with Crippen molar-refractivity contribution >= 4 is 27.6 Å². The SMILES string of the molecule is O=C(O)CCc1ccc(NC(=O)c2ccc(S(=O)(=O)NC3CC3)cc2)cc1. The van der Waals surface area contributed by atoms with Crippen LogP contribution in [-0.2, 0) is 21.2 Å². The summed E-state index contributed by atoms with van der Waals surface area (Å²) in [5.41, 5.74) is 1.79. The number of anilines is 1. The lowest BCUT2D eigenvalue weighted by Gasteiger charge is -2.08. The molecule has 0 heterocycles. The van der Waals surface area contributed by atoms with Crippen molar-refractivity contribution in [1.29, 1.82) is 0 Å². The van der Waals surface area contributed by atoms with Crippen molar-refractivity contribution < 1.29 is 23.1 Å². The maximum Gasteiger partial charge on any atom is 0.303 e. The molecule has 0 aliphatic heterocycles. The molecule has 7 nitrogen and oxygen atoms in total. The highest BCUT2D eigenvalue weighted by atomic mass is 32.2. The summed E-state index contributed by atoms with van der Waals surface area (Å²) in [5.74, 6) is -1.21. The Hall–Kier alpha value is -2.71. The Balaban J connectivity index is 1.61. The van der Waals surface area contributed by atoms with Gasteiger partial charge in [0, 0.05) is 23.7 Å². The number of carboxylic acids is 1. The van der Waals surface area contributed by atoms with E-state index >= 15 is 0 Å². The molecule has 1 amide bonds. The Labute approximate surface area is 157 Å². The van der Waals surface area contributed by atoms with E-state index in [4.69, 9.17) is 5.11 Å². The molecule has 0 aromatic heterocycles. The number of carbonyl (C=O) groups excluding carboxylic acids is 1. The van der Waals surface area contributed by atoms with Crippen molar-refractivity contribution in [1.82, 2.24) is 4.72 Å². The molecule has 0 spiro atoms. The summed E-state index contributed by atoms with van der Waals surface area (Å²) < 4.78 is 26.9. The number of rotatable bonds is 8. The minimum absolute atomic E-state index is 0.0245. The number of benzene rings is 2. The fourth-order valence-corrected chi connectivity index (χ4v) is 3.79. The number of amides is 1. The summed E-state index contributed by atoms with van der Waals surface area (Å²) in [7, 11) is -3.54. The summed E-state index contributed by atoms with van der Waals surface area (Å²) in [5, 5.41) is 11.4. The molecule has 0 bridgehead atoms. The van der Waals surface area contributed by atoms with Gasteiger partial charge < -0.3 is 10.4 Å². The number of aryl methyl sites for hydroxylation is 1. The van der Waals surface area contributed by atoms with Crippen LogP contribution in [0.25, 0.3) is 0 Å². The predicted octanol–water partition coefficient (Wildman–Crippen LogP) is 2.40. The van der Waals surface area contributed by atoms with Crippen LogP contribution in [0.4, 0.5) is 5.69 Å². The smallest absolute Gasteiger partial charge is 0.303 e. The zero-order chi connectivity index (χ0) is 19.4. The zero-order valence-electron chi connectivity index (χ0n) is 14.5. The van der Waals surface area contributed by atoms with Gasteiger partial charge in [0.1, 0.15) is 0 Å². The maximum atomic E-state index is 12.3. The molecule has 8 heteroatoms. The molecule has 0 atom stereocenters. The van der Waals surface area contributed by atoms with E-state index in [2.05, 4.69) is 10.0 Å². The Morgan fingerprint density at radius 2 is 1.63 bits per heavy atom. The minimum atomic E-state index is -3.54. The molecule has 142 valence electrons. The molecule has 0 saturated heterocycles. The number of hydrogen-bond acceptors (Lipinski definition) is 4. The van der Waals surface area contributed by atoms with Crippen molar-refractivity contribution in [2.75, 3.05) is 5.32 Å². The number of carbonyl (C=O) groups is 2. The summed E-state index contributed by atoms with van der Waals surface area (Å²) >= 11 is 0. The van der Waals surface area contributed by atoms with E-state index in [0.717, 1.165) is 18.4 Å². The van der Waals surface area contributed by atoms with Gasteiger partial charge in [0.2, 0.25) is 10.0 Å². The van der Waals surface area contributed by atoms with Crippen LogP contribution < -0.4 is 10.0 Å². The van der Waals surface area contributed by atoms with Crippen LogP contribution in [0.1, 0.15) is 35.2 Å². The number of nitrogens with one attached hydrogen (secondary N) is 2. The molecule has 2 aromatic carbocycles. The summed E-state index contributed by atoms with van der Waals surface area (Å²) in [6.45, 7) is 0. The molecule has 1 aliphatic rings. The van der Waals surface area contributed by atoms with Crippen molar-refractivity contribution in [3.63, 3.8) is 0 Å². The highest BCUT2D eigenvalue weighted by Crippen LogP contribution is 2.22. The Bertz CT molecular complexity index is 933. The Morgan fingerprint density at radius 1 is 1.00 bits per heavy atom. The fourth-order valence-electron chi connectivity index (χ4n) is 2.48. The molecule has 3 rings (SSSR count). The zero-order valence-corrected chi connectivity index (χ0v) is 15.3. The Kier molecular flexibility index (Phi) is 5.57. The maximum absolute atomic E-state index is 12.3. The lowest BCUT2D eigenvalue weighted by molar-refractivity contribution is -0.136. The predicted molar refractivity (Wildman–Crippen MR) is 100 cm³/mol. The van der Waals surface area contributed by atoms with Crippen LogP contribution >= 0.6 is 0 Å². The van der Waals surface area contributed by atoms with E-state index in [1.807, 2.05) is 0 Å². The molecule has 3 N–H and O–H groups in total. The molecule has 27 heavy (non-hydrogen) atoms. The van der Waals surface area contributed by atoms with Gasteiger partial charge in [-0.2, -0.15) is 0 Å². The minimum Gasteiger partial charge on any atom is -0.481 e. The van der Waals surface area contributed by atoms with Gasteiger partial charge in [0.25, 0.3) is 5.91 Å². The van der Waals surface area contributed by atoms with Crippen molar-refractivity contribution in [2.45, 2.75) is 36.6 Å². The summed E-state index contributed by atoms with van der Waals surface area (Å²) in [6, 6.07) is 12.7. The number of aliphatic carboxylic acids is 1. The molecular weight excluding hydrogens is 368 g/mol. The largest absolute Gasteiger partial charge is 0.481 e. The monoisotopic (exact) mass is 388 g/mol. The fraction of sp³-hybridized carbons (Fsp3) is 0.263. The van der Waals surface area contributed by atoms with Crippen molar-refractivity contribution in [2.24, 2.45) is 0 Å². The topological polar surface area (TPSA) is 113 Å². The van der Waals surface area contributed by atoms with E-state index in [0.29, 0.717) is 17.7 Å². The van der Waals surface area contributed by atoms with E-state index in [1.54, 1.807) is 24.3 Å². The number of hydrogen-bond donors (Lipinski definition) is 3. The van der Waals surface area contributed by atoms with E-state index in [9.17, 15) is 18.0 Å². The van der Waals surface area contributed by atoms with Gasteiger partial charge in [-0.3, -0.25) is 9.59 Å². The standard InChI is InChI=1S/C19H20N2O5S/c22-18(23)12-3-13-1-6-15(7-2-13)20-19(24)14-4-10-17(11-5-14)27(25,26)21-16-8-9-16/h1-2,4-7,10-11,16,21H,3,8-9,12H2,(H,20,24)(H,22,23). The quantitative estimate of drug-likeness (QED) is 0.643. The van der Waals surface area contributed by atoms with E-state index in [-0.39, 0.29) is 23.3 Å². The molecule has 1 saturated carbocycles. The summed E-state index contributed by atoms with van der Waals surface area (Å²) in [4.78, 5) is 23.0. The third-order valence-corrected chi connectivity index (χ3v) is 5.70. The number of sulfonamides is 1. The van der Waals surface area contributed by atoms with Gasteiger partial charge in [0.05, 0.1) is 4.90 Å². The first-order valence-corrected chi connectivity index (χ1v) is 10.1. The van der Waals surface area contributed by atoms with Gasteiger partial charge in [-0.1, -0.05) is 12.1 Å². The lowest BCUT2D eigenvalue weighted by Crippen LogP contribution is -2.25. The average Bonchev–Trinajstić information content (AvgIpc) is 3.44. The highest BCUT2D eigenvalue weighted by molar-refractivity contribution is 7.89.